The van der Waals surface area contributed by atoms with Crippen molar-refractivity contribution in [3.05, 3.63) is 29.8 Å². The van der Waals surface area contributed by atoms with E-state index in [0.29, 0.717) is 30.7 Å². The molecule has 0 bridgehead atoms. The Morgan fingerprint density at radius 1 is 0.883 bits per heavy atom. The second kappa shape index (κ2) is 22.4. The highest BCUT2D eigenvalue weighted by molar-refractivity contribution is 5.98. The van der Waals surface area contributed by atoms with Gasteiger partial charge in [-0.25, -0.2) is 10.2 Å². The van der Waals surface area contributed by atoms with Crippen LogP contribution in [0.1, 0.15) is 87.1 Å². The quantitative estimate of drug-likeness (QED) is 0.126. The van der Waals surface area contributed by atoms with Gasteiger partial charge in [0.15, 0.2) is 0 Å². The monoisotopic (exact) mass is 842 g/mol. The molecule has 2 aliphatic rings. The van der Waals surface area contributed by atoms with Gasteiger partial charge >= 0.3 is 5.97 Å². The zero-order valence-corrected chi connectivity index (χ0v) is 36.8. The number of rotatable bonds is 12. The number of nitrogens with one attached hydrogen (secondary N) is 6. The molecule has 0 spiro atoms. The number of nitrogens with zero attached hydrogens (tertiary/aromatic N) is 2. The summed E-state index contributed by atoms with van der Waals surface area (Å²) in [6.07, 6.45) is -0.0926. The minimum absolute atomic E-state index is 0.0707. The van der Waals surface area contributed by atoms with E-state index in [1.807, 2.05) is 13.8 Å². The fraction of sp³-hybridized carbons (Fsp3) is 0.667. The summed E-state index contributed by atoms with van der Waals surface area (Å²) in [6, 6.07) is -1.81. The van der Waals surface area contributed by atoms with Gasteiger partial charge in [0.05, 0.1) is 7.11 Å². The number of esters is 1. The topological polar surface area (TPSA) is 234 Å². The van der Waals surface area contributed by atoms with Gasteiger partial charge in [-0.15, -0.1) is 0 Å². The van der Waals surface area contributed by atoms with Crippen molar-refractivity contribution < 1.29 is 47.8 Å². The standard InChI is InChI=1S/C42H66N8O10/c1-22(2)19-30-40(56)49(10)35(25(7)8)42(58)60-26(9)34(48-38(54)32(23(3)4)43-21-51)39(55)45-29(20-27-14-16-28(59-11)17-15-27)36(52)47-33(24(5)6)41(57)50-31(37(53)46-30)13-12-18-44-50/h14-17,21-26,29-35,44H,12-13,18-20H2,1-11H3,(H,43,51)(H,45,55)(H,46,53)(H,47,52)(H,48,54)/t26-,29-,30+,31+,32+,33-,34+,35+/m1/s1. The van der Waals surface area contributed by atoms with Crippen molar-refractivity contribution in [3.63, 3.8) is 0 Å². The van der Waals surface area contributed by atoms with Gasteiger partial charge in [-0.2, -0.15) is 0 Å². The lowest BCUT2D eigenvalue weighted by Gasteiger charge is -2.39. The Morgan fingerprint density at radius 2 is 1.52 bits per heavy atom. The first-order chi connectivity index (χ1) is 28.2. The van der Waals surface area contributed by atoms with E-state index in [4.69, 9.17) is 9.47 Å². The van der Waals surface area contributed by atoms with Gasteiger partial charge in [0.25, 0.3) is 5.91 Å². The summed E-state index contributed by atoms with van der Waals surface area (Å²) in [7, 11) is 2.93. The molecule has 7 amide bonds. The van der Waals surface area contributed by atoms with Crippen LogP contribution < -0.4 is 36.7 Å². The Labute approximate surface area is 353 Å². The minimum atomic E-state index is -1.62. The molecule has 0 saturated carbocycles. The van der Waals surface area contributed by atoms with Crippen LogP contribution in [-0.2, 0) is 49.5 Å². The Bertz CT molecular complexity index is 1690. The van der Waals surface area contributed by atoms with Gasteiger partial charge in [0, 0.05) is 20.0 Å². The predicted molar refractivity (Wildman–Crippen MR) is 221 cm³/mol. The third-order valence-electron chi connectivity index (χ3n) is 10.8. The van der Waals surface area contributed by atoms with Crippen LogP contribution in [-0.4, -0.2) is 127 Å². The second-order valence-corrected chi connectivity index (χ2v) is 17.1. The average Bonchev–Trinajstić information content (AvgIpc) is 3.18. The van der Waals surface area contributed by atoms with Crippen molar-refractivity contribution >= 4 is 47.8 Å². The molecule has 18 nitrogen and oxygen atoms in total. The first kappa shape index (κ1) is 49.1. The first-order valence-corrected chi connectivity index (χ1v) is 20.8. The molecule has 2 aliphatic heterocycles. The summed E-state index contributed by atoms with van der Waals surface area (Å²) in [5.41, 5.74) is 3.63. The van der Waals surface area contributed by atoms with Crippen LogP contribution in [0.5, 0.6) is 5.75 Å². The van der Waals surface area contributed by atoms with Crippen LogP contribution in [0, 0.1) is 23.7 Å². The zero-order valence-electron chi connectivity index (χ0n) is 36.8. The predicted octanol–water partition coefficient (Wildman–Crippen LogP) is 0.574. The molecule has 334 valence electrons. The van der Waals surface area contributed by atoms with Crippen molar-refractivity contribution in [3.8, 4) is 5.75 Å². The Hall–Kier alpha value is -5.26. The molecular weight excluding hydrogens is 777 g/mol. The molecule has 60 heavy (non-hydrogen) atoms. The average molecular weight is 843 g/mol. The van der Waals surface area contributed by atoms with Crippen LogP contribution in [0.3, 0.4) is 0 Å². The number of likely N-dealkylation sites (N-methyl/N-ethyl adjacent to an activating group) is 1. The van der Waals surface area contributed by atoms with Crippen LogP contribution in [0.25, 0.3) is 0 Å². The number of carbonyl (C=O) groups excluding carboxylic acids is 8. The summed E-state index contributed by atoms with van der Waals surface area (Å²) in [5.74, 6) is -6.02. The fourth-order valence-electron chi connectivity index (χ4n) is 7.42. The molecule has 6 N–H and O–H groups in total. The molecule has 1 aromatic carbocycles. The number of benzene rings is 1. The molecule has 1 aromatic rings. The minimum Gasteiger partial charge on any atom is -0.497 e. The highest BCUT2D eigenvalue weighted by atomic mass is 16.5. The normalized spacial score (nSPS) is 25.9. The van der Waals surface area contributed by atoms with E-state index >= 15 is 0 Å². The van der Waals surface area contributed by atoms with Crippen molar-refractivity contribution in [2.24, 2.45) is 23.7 Å². The summed E-state index contributed by atoms with van der Waals surface area (Å²) >= 11 is 0. The van der Waals surface area contributed by atoms with Crippen molar-refractivity contribution in [1.29, 1.82) is 0 Å². The molecule has 0 radical (unpaired) electrons. The van der Waals surface area contributed by atoms with E-state index in [0.717, 1.165) is 0 Å². The van der Waals surface area contributed by atoms with Gasteiger partial charge in [-0.1, -0.05) is 67.5 Å². The lowest BCUT2D eigenvalue weighted by atomic mass is 9.97. The number of methoxy groups -OCH3 is 1. The molecule has 0 aromatic heterocycles. The van der Waals surface area contributed by atoms with E-state index in [-0.39, 0.29) is 25.2 Å². The Balaban J connectivity index is 2.24. The fourth-order valence-corrected chi connectivity index (χ4v) is 7.42. The number of hydrogen-bond donors (Lipinski definition) is 6. The molecule has 2 fully saturated rings. The van der Waals surface area contributed by atoms with Crippen molar-refractivity contribution in [1.82, 2.24) is 41.9 Å². The van der Waals surface area contributed by atoms with Crippen LogP contribution in [0.4, 0.5) is 0 Å². The van der Waals surface area contributed by atoms with E-state index in [1.165, 1.54) is 31.0 Å². The Kier molecular flexibility index (Phi) is 18.3. The second-order valence-electron chi connectivity index (χ2n) is 17.1. The maximum absolute atomic E-state index is 14.5. The van der Waals surface area contributed by atoms with Crippen molar-refractivity contribution in [2.45, 2.75) is 136 Å². The molecule has 0 aliphatic carbocycles. The summed E-state index contributed by atoms with van der Waals surface area (Å²) in [5, 5.41) is 14.7. The number of carbonyl (C=O) groups is 8. The van der Waals surface area contributed by atoms with E-state index in [1.54, 1.807) is 65.8 Å². The molecule has 18 heteroatoms. The Morgan fingerprint density at radius 3 is 2.07 bits per heavy atom. The number of amides is 7. The lowest BCUT2D eigenvalue weighted by Crippen LogP contribution is -2.66. The van der Waals surface area contributed by atoms with Crippen molar-refractivity contribution in [2.75, 3.05) is 20.7 Å². The highest BCUT2D eigenvalue weighted by Crippen LogP contribution is 2.21. The number of hydrazine groups is 1. The zero-order chi connectivity index (χ0) is 45.0. The van der Waals surface area contributed by atoms with Gasteiger partial charge < -0.3 is 41.0 Å². The van der Waals surface area contributed by atoms with E-state index < -0.39 is 108 Å². The SMILES string of the molecule is COc1ccc(C[C@H]2NC(=O)[C@@H](NC(=O)[C@@H](NC=O)C(C)C)[C@@H](C)OC(=O)[C@H](C(C)C)N(C)C(=O)[C@H](CC(C)C)NC(=O)[C@@H]3CCCNN3C(=O)[C@@H](C(C)C)NC2=O)cc1. The first-order valence-electron chi connectivity index (χ1n) is 20.8. The molecule has 0 unspecified atom stereocenters. The summed E-state index contributed by atoms with van der Waals surface area (Å²) in [6.45, 7) is 15.8. The number of cyclic esters (lactones) is 1. The van der Waals surface area contributed by atoms with E-state index in [2.05, 4.69) is 32.0 Å². The lowest BCUT2D eigenvalue weighted by molar-refractivity contribution is -0.163. The van der Waals surface area contributed by atoms with Gasteiger partial charge in [-0.05, 0) is 67.6 Å². The van der Waals surface area contributed by atoms with Crippen LogP contribution in [0.2, 0.25) is 0 Å². The summed E-state index contributed by atoms with van der Waals surface area (Å²) in [4.78, 5) is 112. The van der Waals surface area contributed by atoms with Gasteiger partial charge in [0.2, 0.25) is 35.9 Å². The number of hydrogen-bond acceptors (Lipinski definition) is 11. The largest absolute Gasteiger partial charge is 0.497 e. The maximum Gasteiger partial charge on any atom is 0.329 e. The number of ether oxygens (including phenoxy) is 2. The molecule has 3 rings (SSSR count). The van der Waals surface area contributed by atoms with Crippen LogP contribution >= 0.6 is 0 Å². The van der Waals surface area contributed by atoms with Crippen LogP contribution in [0.15, 0.2) is 24.3 Å². The smallest absolute Gasteiger partial charge is 0.329 e. The highest BCUT2D eigenvalue weighted by Gasteiger charge is 2.43. The molecule has 2 saturated heterocycles. The molecule has 8 atom stereocenters. The van der Waals surface area contributed by atoms with E-state index in [9.17, 15) is 38.4 Å². The third-order valence-corrected chi connectivity index (χ3v) is 10.8. The third kappa shape index (κ3) is 12.9. The van der Waals surface area contributed by atoms with Gasteiger partial charge in [-0.3, -0.25) is 38.6 Å². The number of fused-ring (bicyclic) bond motifs is 1. The molecule has 2 heterocycles. The van der Waals surface area contributed by atoms with Gasteiger partial charge in [0.1, 0.15) is 54.1 Å². The maximum atomic E-state index is 14.5. The molecular formula is C42H66N8O10. The summed E-state index contributed by atoms with van der Waals surface area (Å²) < 4.78 is 11.2.